The van der Waals surface area contributed by atoms with E-state index in [-0.39, 0.29) is 18.2 Å². The summed E-state index contributed by atoms with van der Waals surface area (Å²) in [5.74, 6) is 1.39. The van der Waals surface area contributed by atoms with Gasteiger partial charge in [-0.25, -0.2) is 17.8 Å². The summed E-state index contributed by atoms with van der Waals surface area (Å²) in [4.78, 5) is 0.197. The molecule has 0 saturated carbocycles. The largest absolute Gasteiger partial charge is 0.454 e. The van der Waals surface area contributed by atoms with Crippen molar-refractivity contribution in [1.82, 2.24) is 24.9 Å². The van der Waals surface area contributed by atoms with Gasteiger partial charge in [-0.15, -0.1) is 5.10 Å². The Morgan fingerprint density at radius 1 is 1.15 bits per heavy atom. The van der Waals surface area contributed by atoms with Gasteiger partial charge in [0, 0.05) is 6.54 Å². The van der Waals surface area contributed by atoms with Crippen LogP contribution in [-0.4, -0.2) is 42.0 Å². The molecule has 0 radical (unpaired) electrons. The normalized spacial score (nSPS) is 13.1. The van der Waals surface area contributed by atoms with Gasteiger partial charge in [0.15, 0.2) is 11.5 Å². The van der Waals surface area contributed by atoms with Crippen LogP contribution in [0.4, 0.5) is 0 Å². The Kier molecular flexibility index (Phi) is 4.50. The Balaban J connectivity index is 1.43. The van der Waals surface area contributed by atoms with Crippen LogP contribution >= 0.6 is 0 Å². The standard InChI is InChI=1S/C17H17N5O4S/c1-12-8-14(3-4-15(12)22-10-18-20-21-22)27(23,24)19-7-6-13-2-5-16-17(9-13)26-11-25-16/h2-5,8-10,19H,6-7,11H2,1H3. The van der Waals surface area contributed by atoms with Gasteiger partial charge >= 0.3 is 0 Å². The Morgan fingerprint density at radius 3 is 2.78 bits per heavy atom. The molecule has 2 aromatic carbocycles. The van der Waals surface area contributed by atoms with Gasteiger partial charge in [-0.05, 0) is 65.2 Å². The van der Waals surface area contributed by atoms with Crippen LogP contribution in [0.5, 0.6) is 11.5 Å². The third-order valence-electron chi connectivity index (χ3n) is 4.22. The molecule has 0 bridgehead atoms. The maximum absolute atomic E-state index is 12.6. The van der Waals surface area contributed by atoms with Crippen molar-refractivity contribution in [3.63, 3.8) is 0 Å². The van der Waals surface area contributed by atoms with E-state index in [2.05, 4.69) is 20.2 Å². The van der Waals surface area contributed by atoms with Gasteiger partial charge in [0.2, 0.25) is 16.8 Å². The van der Waals surface area contributed by atoms with E-state index in [1.54, 1.807) is 12.1 Å². The highest BCUT2D eigenvalue weighted by atomic mass is 32.2. The van der Waals surface area contributed by atoms with Crippen molar-refractivity contribution in [1.29, 1.82) is 0 Å². The summed E-state index contributed by atoms with van der Waals surface area (Å²) in [7, 11) is -3.62. The molecule has 4 rings (SSSR count). The van der Waals surface area contributed by atoms with Gasteiger partial charge in [-0.2, -0.15) is 0 Å². The molecule has 0 atom stereocenters. The minimum Gasteiger partial charge on any atom is -0.454 e. The summed E-state index contributed by atoms with van der Waals surface area (Å²) < 4.78 is 39.8. The molecule has 10 heteroatoms. The molecule has 1 aliphatic rings. The predicted molar refractivity (Wildman–Crippen MR) is 95.3 cm³/mol. The maximum atomic E-state index is 12.6. The quantitative estimate of drug-likeness (QED) is 0.677. The van der Waals surface area contributed by atoms with Crippen molar-refractivity contribution >= 4 is 10.0 Å². The second-order valence-corrected chi connectivity index (χ2v) is 7.81. The van der Waals surface area contributed by atoms with Crippen molar-refractivity contribution in [3.05, 3.63) is 53.9 Å². The number of sulfonamides is 1. The van der Waals surface area contributed by atoms with Crippen LogP contribution < -0.4 is 14.2 Å². The Hall–Kier alpha value is -2.98. The molecule has 3 aromatic rings. The zero-order chi connectivity index (χ0) is 18.9. The minimum absolute atomic E-state index is 0.197. The number of hydrogen-bond donors (Lipinski definition) is 1. The van der Waals surface area contributed by atoms with Crippen LogP contribution in [-0.2, 0) is 16.4 Å². The summed E-state index contributed by atoms with van der Waals surface area (Å²) >= 11 is 0. The number of tetrazole rings is 1. The molecule has 27 heavy (non-hydrogen) atoms. The first kappa shape index (κ1) is 17.4. The predicted octanol–water partition coefficient (Wildman–Crippen LogP) is 1.22. The fourth-order valence-electron chi connectivity index (χ4n) is 2.83. The van der Waals surface area contributed by atoms with E-state index in [1.165, 1.54) is 17.1 Å². The van der Waals surface area contributed by atoms with Crippen molar-refractivity contribution in [3.8, 4) is 17.2 Å². The number of rotatable bonds is 6. The summed E-state index contributed by atoms with van der Waals surface area (Å²) in [6, 6.07) is 10.4. The second-order valence-electron chi connectivity index (χ2n) is 6.04. The highest BCUT2D eigenvalue weighted by Crippen LogP contribution is 2.32. The van der Waals surface area contributed by atoms with Gasteiger partial charge in [-0.3, -0.25) is 0 Å². The lowest BCUT2D eigenvalue weighted by molar-refractivity contribution is 0.174. The van der Waals surface area contributed by atoms with Gasteiger partial charge < -0.3 is 9.47 Å². The number of fused-ring (bicyclic) bond motifs is 1. The fraction of sp³-hybridized carbons (Fsp3) is 0.235. The zero-order valence-electron chi connectivity index (χ0n) is 14.5. The zero-order valence-corrected chi connectivity index (χ0v) is 15.3. The van der Waals surface area contributed by atoms with E-state index < -0.39 is 10.0 Å². The SMILES string of the molecule is Cc1cc(S(=O)(=O)NCCc2ccc3c(c2)OCO3)ccc1-n1cnnn1. The number of aryl methyl sites for hydroxylation is 1. The number of benzene rings is 2. The molecule has 1 aromatic heterocycles. The number of ether oxygens (including phenoxy) is 2. The van der Waals surface area contributed by atoms with Crippen LogP contribution in [0.2, 0.25) is 0 Å². The average molecular weight is 387 g/mol. The Bertz CT molecular complexity index is 1070. The van der Waals surface area contributed by atoms with Crippen LogP contribution in [0.1, 0.15) is 11.1 Å². The van der Waals surface area contributed by atoms with Gasteiger partial charge in [0.1, 0.15) is 6.33 Å². The molecule has 1 aliphatic heterocycles. The summed E-state index contributed by atoms with van der Waals surface area (Å²) in [5, 5.41) is 11.0. The molecule has 0 spiro atoms. The molecular weight excluding hydrogens is 370 g/mol. The first-order chi connectivity index (χ1) is 13.0. The Labute approximate surface area is 156 Å². The third-order valence-corrected chi connectivity index (χ3v) is 5.68. The number of aromatic nitrogens is 4. The smallest absolute Gasteiger partial charge is 0.240 e. The number of hydrogen-bond acceptors (Lipinski definition) is 7. The molecule has 1 N–H and O–H groups in total. The molecule has 2 heterocycles. The van der Waals surface area contributed by atoms with Crippen molar-refractivity contribution in [2.75, 3.05) is 13.3 Å². The van der Waals surface area contributed by atoms with E-state index in [4.69, 9.17) is 9.47 Å². The lowest BCUT2D eigenvalue weighted by Gasteiger charge is -2.10. The van der Waals surface area contributed by atoms with E-state index in [0.29, 0.717) is 17.9 Å². The second kappa shape index (κ2) is 6.97. The van der Waals surface area contributed by atoms with Crippen LogP contribution in [0, 0.1) is 6.92 Å². The van der Waals surface area contributed by atoms with E-state index in [0.717, 1.165) is 16.8 Å². The number of nitrogens with one attached hydrogen (secondary N) is 1. The third kappa shape index (κ3) is 3.62. The molecule has 140 valence electrons. The highest BCUT2D eigenvalue weighted by molar-refractivity contribution is 7.89. The lowest BCUT2D eigenvalue weighted by Crippen LogP contribution is -2.26. The molecular formula is C17H17N5O4S. The monoisotopic (exact) mass is 387 g/mol. The van der Waals surface area contributed by atoms with Crippen molar-refractivity contribution in [2.45, 2.75) is 18.2 Å². The molecule has 0 unspecified atom stereocenters. The lowest BCUT2D eigenvalue weighted by atomic mass is 10.1. The summed E-state index contributed by atoms with van der Waals surface area (Å²) in [6.07, 6.45) is 2.00. The highest BCUT2D eigenvalue weighted by Gasteiger charge is 2.17. The van der Waals surface area contributed by atoms with Crippen LogP contribution in [0.3, 0.4) is 0 Å². The minimum atomic E-state index is -3.62. The van der Waals surface area contributed by atoms with Crippen molar-refractivity contribution < 1.29 is 17.9 Å². The molecule has 0 aliphatic carbocycles. The first-order valence-electron chi connectivity index (χ1n) is 8.25. The van der Waals surface area contributed by atoms with Crippen LogP contribution in [0.25, 0.3) is 5.69 Å². The Morgan fingerprint density at radius 2 is 2.00 bits per heavy atom. The van der Waals surface area contributed by atoms with Crippen LogP contribution in [0.15, 0.2) is 47.6 Å². The van der Waals surface area contributed by atoms with E-state index >= 15 is 0 Å². The van der Waals surface area contributed by atoms with Crippen molar-refractivity contribution in [2.24, 2.45) is 0 Å². The first-order valence-corrected chi connectivity index (χ1v) is 9.73. The number of nitrogens with zero attached hydrogens (tertiary/aromatic N) is 4. The molecule has 0 saturated heterocycles. The summed E-state index contributed by atoms with van der Waals surface area (Å²) in [5.41, 5.74) is 2.44. The molecule has 0 amide bonds. The van der Waals surface area contributed by atoms with Gasteiger partial charge in [-0.1, -0.05) is 6.07 Å². The average Bonchev–Trinajstić information content (AvgIpc) is 3.33. The fourth-order valence-corrected chi connectivity index (χ4v) is 3.95. The van der Waals surface area contributed by atoms with E-state index in [9.17, 15) is 8.42 Å². The molecule has 0 fully saturated rings. The maximum Gasteiger partial charge on any atom is 0.240 e. The van der Waals surface area contributed by atoms with Gasteiger partial charge in [0.05, 0.1) is 10.6 Å². The molecule has 9 nitrogen and oxygen atoms in total. The van der Waals surface area contributed by atoms with E-state index in [1.807, 2.05) is 25.1 Å². The summed E-state index contributed by atoms with van der Waals surface area (Å²) in [6.45, 7) is 2.30. The topological polar surface area (TPSA) is 108 Å². The van der Waals surface area contributed by atoms with Gasteiger partial charge in [0.25, 0.3) is 0 Å².